The van der Waals surface area contributed by atoms with Crippen LogP contribution in [0, 0.1) is 0 Å². The van der Waals surface area contributed by atoms with Crippen LogP contribution in [0.2, 0.25) is 0 Å². The lowest BCUT2D eigenvalue weighted by molar-refractivity contribution is 0.230. The van der Waals surface area contributed by atoms with Gasteiger partial charge in [-0.2, -0.15) is 0 Å². The molecule has 1 saturated heterocycles. The molecule has 1 atom stereocenters. The highest BCUT2D eigenvalue weighted by atomic mass is 19.1. The summed E-state index contributed by atoms with van der Waals surface area (Å²) >= 11 is 0. The first-order chi connectivity index (χ1) is 10.2. The van der Waals surface area contributed by atoms with Gasteiger partial charge in [-0.15, -0.1) is 0 Å². The highest BCUT2D eigenvalue weighted by molar-refractivity contribution is 5.48. The second-order valence-electron chi connectivity index (χ2n) is 5.69. The van der Waals surface area contributed by atoms with Crippen LogP contribution in [0.15, 0.2) is 12.1 Å². The topological polar surface area (TPSA) is 33.7 Å². The average molecular weight is 294 g/mol. The Labute approximate surface area is 125 Å². The first kappa shape index (κ1) is 14.6. The Kier molecular flexibility index (Phi) is 4.60. The van der Waals surface area contributed by atoms with Gasteiger partial charge in [0.05, 0.1) is 13.2 Å². The third-order valence-corrected chi connectivity index (χ3v) is 4.04. The highest BCUT2D eigenvalue weighted by Crippen LogP contribution is 2.36. The molecule has 0 saturated carbocycles. The van der Waals surface area contributed by atoms with Crippen molar-refractivity contribution < 1.29 is 13.9 Å². The van der Waals surface area contributed by atoms with Crippen molar-refractivity contribution in [2.45, 2.75) is 26.1 Å². The van der Waals surface area contributed by atoms with E-state index in [-0.39, 0.29) is 0 Å². The van der Waals surface area contributed by atoms with Gasteiger partial charge in [-0.3, -0.25) is 4.90 Å². The van der Waals surface area contributed by atoms with Gasteiger partial charge in [0.25, 0.3) is 0 Å². The molecular weight excluding hydrogens is 271 g/mol. The first-order valence-corrected chi connectivity index (χ1v) is 7.73. The molecule has 1 N–H and O–H groups in total. The van der Waals surface area contributed by atoms with Crippen LogP contribution in [-0.2, 0) is 6.54 Å². The molecule has 2 heterocycles. The molecule has 3 rings (SSSR count). The van der Waals surface area contributed by atoms with Gasteiger partial charge in [0.15, 0.2) is 11.5 Å². The first-order valence-electron chi connectivity index (χ1n) is 7.73. The third kappa shape index (κ3) is 3.47. The van der Waals surface area contributed by atoms with Crippen molar-refractivity contribution in [3.05, 3.63) is 23.3 Å². The van der Waals surface area contributed by atoms with Crippen molar-refractivity contribution in [1.29, 1.82) is 0 Å². The number of fused-ring (bicyclic) bond motifs is 1. The fourth-order valence-electron chi connectivity index (χ4n) is 2.88. The lowest BCUT2D eigenvalue weighted by Crippen LogP contribution is -2.43. The maximum absolute atomic E-state index is 14.0. The van der Waals surface area contributed by atoms with E-state index in [2.05, 4.69) is 10.2 Å². The van der Waals surface area contributed by atoms with E-state index in [0.717, 1.165) is 56.0 Å². The molecule has 21 heavy (non-hydrogen) atoms. The van der Waals surface area contributed by atoms with Crippen molar-refractivity contribution in [2.24, 2.45) is 0 Å². The van der Waals surface area contributed by atoms with Gasteiger partial charge < -0.3 is 14.8 Å². The second-order valence-corrected chi connectivity index (χ2v) is 5.69. The largest absolute Gasteiger partial charge is 0.490 e. The molecule has 0 radical (unpaired) electrons. The number of ether oxygens (including phenoxy) is 2. The minimum absolute atomic E-state index is 0.629. The summed E-state index contributed by atoms with van der Waals surface area (Å²) in [6.45, 7) is 7.61. The van der Waals surface area contributed by atoms with E-state index in [1.165, 1.54) is 0 Å². The SMILES string of the molecule is CC(F)c1cc2c(cc1CN1CCNCC1)OCCCO2. The molecule has 1 fully saturated rings. The molecule has 1 aromatic carbocycles. The number of halogens is 1. The fraction of sp³-hybridized carbons (Fsp3) is 0.625. The van der Waals surface area contributed by atoms with Gasteiger partial charge in [-0.25, -0.2) is 4.39 Å². The summed E-state index contributed by atoms with van der Waals surface area (Å²) in [7, 11) is 0. The van der Waals surface area contributed by atoms with Crippen molar-refractivity contribution in [1.82, 2.24) is 10.2 Å². The average Bonchev–Trinajstić information content (AvgIpc) is 2.72. The standard InChI is InChI=1S/C16H23FN2O2/c1-12(17)14-10-16-15(20-7-2-8-21-16)9-13(14)11-19-5-3-18-4-6-19/h9-10,12,18H,2-8,11H2,1H3. The van der Waals surface area contributed by atoms with Crippen LogP contribution in [0.5, 0.6) is 11.5 Å². The molecule has 0 aliphatic carbocycles. The summed E-state index contributed by atoms with van der Waals surface area (Å²) in [6.07, 6.45) is -0.137. The molecule has 0 aromatic heterocycles. The summed E-state index contributed by atoms with van der Waals surface area (Å²) in [6, 6.07) is 3.79. The quantitative estimate of drug-likeness (QED) is 0.927. The Balaban J connectivity index is 1.87. The molecule has 0 amide bonds. The number of alkyl halides is 1. The highest BCUT2D eigenvalue weighted by Gasteiger charge is 2.20. The minimum Gasteiger partial charge on any atom is -0.490 e. The predicted molar refractivity (Wildman–Crippen MR) is 79.7 cm³/mol. The van der Waals surface area contributed by atoms with Gasteiger partial charge in [0.2, 0.25) is 0 Å². The van der Waals surface area contributed by atoms with Crippen molar-refractivity contribution in [2.75, 3.05) is 39.4 Å². The van der Waals surface area contributed by atoms with E-state index >= 15 is 0 Å². The molecule has 116 valence electrons. The number of nitrogens with zero attached hydrogens (tertiary/aromatic N) is 1. The monoisotopic (exact) mass is 294 g/mol. The molecular formula is C16H23FN2O2. The Hall–Kier alpha value is -1.33. The number of hydrogen-bond donors (Lipinski definition) is 1. The number of rotatable bonds is 3. The number of piperazine rings is 1. The van der Waals surface area contributed by atoms with Crippen LogP contribution < -0.4 is 14.8 Å². The molecule has 2 aliphatic heterocycles. The fourth-order valence-corrected chi connectivity index (χ4v) is 2.88. The van der Waals surface area contributed by atoms with Gasteiger partial charge in [-0.1, -0.05) is 0 Å². The normalized spacial score (nSPS) is 20.9. The zero-order valence-electron chi connectivity index (χ0n) is 12.5. The van der Waals surface area contributed by atoms with Crippen molar-refractivity contribution in [3.8, 4) is 11.5 Å². The van der Waals surface area contributed by atoms with Gasteiger partial charge in [0, 0.05) is 39.1 Å². The molecule has 1 unspecified atom stereocenters. The van der Waals surface area contributed by atoms with Crippen molar-refractivity contribution >= 4 is 0 Å². The van der Waals surface area contributed by atoms with E-state index in [9.17, 15) is 4.39 Å². The Morgan fingerprint density at radius 2 is 1.86 bits per heavy atom. The molecule has 0 spiro atoms. The summed E-state index contributed by atoms with van der Waals surface area (Å²) in [5.74, 6) is 1.43. The number of benzene rings is 1. The molecule has 1 aromatic rings. The van der Waals surface area contributed by atoms with Crippen LogP contribution in [-0.4, -0.2) is 44.3 Å². The maximum Gasteiger partial charge on any atom is 0.161 e. The number of nitrogens with one attached hydrogen (secondary N) is 1. The summed E-state index contributed by atoms with van der Waals surface area (Å²) in [4.78, 5) is 2.35. The van der Waals surface area contributed by atoms with Gasteiger partial charge in [0.1, 0.15) is 6.17 Å². The lowest BCUT2D eigenvalue weighted by atomic mass is 10.0. The van der Waals surface area contributed by atoms with E-state index < -0.39 is 6.17 Å². The van der Waals surface area contributed by atoms with Crippen LogP contribution >= 0.6 is 0 Å². The van der Waals surface area contributed by atoms with E-state index in [1.54, 1.807) is 6.92 Å². The predicted octanol–water partition coefficient (Wildman–Crippen LogP) is 2.28. The Bertz CT molecular complexity index is 487. The van der Waals surface area contributed by atoms with E-state index in [4.69, 9.17) is 9.47 Å². The van der Waals surface area contributed by atoms with Gasteiger partial charge >= 0.3 is 0 Å². The van der Waals surface area contributed by atoms with Crippen LogP contribution in [0.4, 0.5) is 4.39 Å². The third-order valence-electron chi connectivity index (χ3n) is 4.04. The molecule has 5 heteroatoms. The lowest BCUT2D eigenvalue weighted by Gasteiger charge is -2.28. The van der Waals surface area contributed by atoms with E-state index in [0.29, 0.717) is 19.0 Å². The molecule has 2 aliphatic rings. The smallest absolute Gasteiger partial charge is 0.161 e. The molecule has 0 bridgehead atoms. The minimum atomic E-state index is -1.000. The number of hydrogen-bond acceptors (Lipinski definition) is 4. The summed E-state index contributed by atoms with van der Waals surface area (Å²) in [5, 5.41) is 3.34. The summed E-state index contributed by atoms with van der Waals surface area (Å²) < 4.78 is 25.4. The second kappa shape index (κ2) is 6.62. The van der Waals surface area contributed by atoms with Crippen LogP contribution in [0.1, 0.15) is 30.6 Å². The zero-order chi connectivity index (χ0) is 14.7. The summed E-state index contributed by atoms with van der Waals surface area (Å²) in [5.41, 5.74) is 1.73. The van der Waals surface area contributed by atoms with Crippen LogP contribution in [0.25, 0.3) is 0 Å². The van der Waals surface area contributed by atoms with Gasteiger partial charge in [-0.05, 0) is 30.2 Å². The Morgan fingerprint density at radius 1 is 1.19 bits per heavy atom. The van der Waals surface area contributed by atoms with E-state index in [1.807, 2.05) is 12.1 Å². The van der Waals surface area contributed by atoms with Crippen molar-refractivity contribution in [3.63, 3.8) is 0 Å². The van der Waals surface area contributed by atoms with Crippen LogP contribution in [0.3, 0.4) is 0 Å². The molecule has 4 nitrogen and oxygen atoms in total. The zero-order valence-corrected chi connectivity index (χ0v) is 12.5. The maximum atomic E-state index is 14.0. The Morgan fingerprint density at radius 3 is 2.52 bits per heavy atom.